The smallest absolute Gasteiger partial charge is 0.336 e. The Hall–Kier alpha value is -3.60. The van der Waals surface area contributed by atoms with Gasteiger partial charge in [0.05, 0.1) is 16.7 Å². The van der Waals surface area contributed by atoms with Gasteiger partial charge < -0.3 is 26.4 Å². The quantitative estimate of drug-likeness (QED) is 0.243. The molecule has 2 fully saturated rings. The van der Waals surface area contributed by atoms with Crippen LogP contribution in [0, 0.1) is 6.92 Å². The van der Waals surface area contributed by atoms with Crippen LogP contribution < -0.4 is 32.5 Å². The number of carbonyl (C=O) groups is 2. The Labute approximate surface area is 198 Å². The molecule has 0 spiro atoms. The van der Waals surface area contributed by atoms with Gasteiger partial charge in [0.2, 0.25) is 11.9 Å². The van der Waals surface area contributed by atoms with E-state index >= 15 is 0 Å². The van der Waals surface area contributed by atoms with E-state index in [1.165, 1.54) is 0 Å². The summed E-state index contributed by atoms with van der Waals surface area (Å²) in [6.45, 7) is 4.60. The van der Waals surface area contributed by atoms with Gasteiger partial charge in [-0.3, -0.25) is 10.2 Å². The maximum absolute atomic E-state index is 13.0. The first-order chi connectivity index (χ1) is 16.3. The van der Waals surface area contributed by atoms with Gasteiger partial charge >= 0.3 is 5.97 Å². The molecule has 1 aliphatic carbocycles. The summed E-state index contributed by atoms with van der Waals surface area (Å²) < 4.78 is 0. The van der Waals surface area contributed by atoms with Crippen molar-refractivity contribution < 1.29 is 14.7 Å². The van der Waals surface area contributed by atoms with Crippen LogP contribution in [0.4, 0.5) is 23.1 Å². The van der Waals surface area contributed by atoms with Crippen molar-refractivity contribution in [1.82, 2.24) is 15.4 Å². The molecular weight excluding hydrogens is 436 g/mol. The molecule has 0 unspecified atom stereocenters. The second-order valence-electron chi connectivity index (χ2n) is 9.03. The third-order valence-electron chi connectivity index (χ3n) is 7.09. The summed E-state index contributed by atoms with van der Waals surface area (Å²) in [5.74, 6) is 4.69. The first kappa shape index (κ1) is 23.6. The van der Waals surface area contributed by atoms with Crippen molar-refractivity contribution in [3.63, 3.8) is 0 Å². The average molecular weight is 469 g/mol. The van der Waals surface area contributed by atoms with E-state index in [2.05, 4.69) is 25.2 Å². The number of amides is 1. The first-order valence-corrected chi connectivity index (χ1v) is 11.5. The summed E-state index contributed by atoms with van der Waals surface area (Å²) in [5.41, 5.74) is 16.3. The third-order valence-corrected chi connectivity index (χ3v) is 7.09. The van der Waals surface area contributed by atoms with Crippen LogP contribution in [0.2, 0.25) is 0 Å². The lowest BCUT2D eigenvalue weighted by atomic mass is 9.67. The fourth-order valence-electron chi connectivity index (χ4n) is 5.41. The van der Waals surface area contributed by atoms with Gasteiger partial charge in [0.15, 0.2) is 5.82 Å². The Kier molecular flexibility index (Phi) is 6.47. The zero-order chi connectivity index (χ0) is 24.5. The summed E-state index contributed by atoms with van der Waals surface area (Å²) >= 11 is 0. The molecule has 0 radical (unpaired) electrons. The summed E-state index contributed by atoms with van der Waals surface area (Å²) in [4.78, 5) is 37.7. The molecule has 1 saturated heterocycles. The molecule has 2 aromatic rings. The lowest BCUT2D eigenvalue weighted by molar-refractivity contribution is -0.128. The molecule has 11 nitrogen and oxygen atoms in total. The van der Waals surface area contributed by atoms with Crippen LogP contribution in [0.25, 0.3) is 0 Å². The molecule has 1 aromatic carbocycles. The zero-order valence-corrected chi connectivity index (χ0v) is 19.4. The highest BCUT2D eigenvalue weighted by atomic mass is 16.4. The van der Waals surface area contributed by atoms with Gasteiger partial charge in [-0.05, 0) is 43.5 Å². The number of anilines is 4. The zero-order valence-electron chi connectivity index (χ0n) is 19.4. The molecule has 2 aliphatic rings. The van der Waals surface area contributed by atoms with Crippen LogP contribution in [0.5, 0.6) is 0 Å². The van der Waals surface area contributed by atoms with Gasteiger partial charge in [-0.1, -0.05) is 19.3 Å². The lowest BCUT2D eigenvalue weighted by Gasteiger charge is -2.40. The van der Waals surface area contributed by atoms with E-state index < -0.39 is 11.4 Å². The summed E-state index contributed by atoms with van der Waals surface area (Å²) in [6, 6.07) is 5.28. The minimum Gasteiger partial charge on any atom is -0.478 e. The number of nitrogens with one attached hydrogen (secondary N) is 1. The number of nitrogen functional groups attached to an aromatic ring is 2. The minimum absolute atomic E-state index is 0.148. The van der Waals surface area contributed by atoms with E-state index in [0.29, 0.717) is 50.4 Å². The standard InChI is InChI=1S/C23H32N8O3/c1-14-18(19(24)28-22(25)27-14)31-11-9-30(10-12-31)15-5-6-16(20(32)33)17(13-15)23(21(34)29-26)7-3-2-4-8-23/h5-6,13H,2-4,7-12,26H2,1H3,(H,29,34)(H,32,33)(H4,24,25,27,28). The van der Waals surface area contributed by atoms with Crippen LogP contribution in [0.1, 0.15) is 53.7 Å². The largest absolute Gasteiger partial charge is 0.478 e. The monoisotopic (exact) mass is 468 g/mol. The maximum atomic E-state index is 13.0. The molecule has 1 aliphatic heterocycles. The van der Waals surface area contributed by atoms with Crippen LogP contribution in [0.15, 0.2) is 18.2 Å². The number of hydrogen-bond acceptors (Lipinski definition) is 9. The van der Waals surface area contributed by atoms with Gasteiger partial charge in [-0.15, -0.1) is 0 Å². The molecule has 0 atom stereocenters. The Balaban J connectivity index is 1.63. The number of benzene rings is 1. The maximum Gasteiger partial charge on any atom is 0.336 e. The van der Waals surface area contributed by atoms with E-state index in [4.69, 9.17) is 17.3 Å². The predicted molar refractivity (Wildman–Crippen MR) is 131 cm³/mol. The van der Waals surface area contributed by atoms with E-state index in [-0.39, 0.29) is 17.4 Å². The minimum atomic E-state index is -1.05. The Morgan fingerprint density at radius 2 is 1.68 bits per heavy atom. The number of hydrazine groups is 1. The molecule has 1 saturated carbocycles. The van der Waals surface area contributed by atoms with E-state index in [1.54, 1.807) is 6.07 Å². The normalized spacial score (nSPS) is 17.9. The molecule has 4 rings (SSSR count). The molecule has 8 N–H and O–H groups in total. The Morgan fingerprint density at radius 1 is 1.03 bits per heavy atom. The molecule has 0 bridgehead atoms. The second kappa shape index (κ2) is 9.34. The van der Waals surface area contributed by atoms with Crippen molar-refractivity contribution in [2.45, 2.75) is 44.4 Å². The van der Waals surface area contributed by atoms with Crippen LogP contribution in [-0.4, -0.2) is 53.1 Å². The van der Waals surface area contributed by atoms with Gasteiger partial charge in [0.1, 0.15) is 5.69 Å². The number of nitrogens with zero attached hydrogens (tertiary/aromatic N) is 4. The number of aryl methyl sites for hydroxylation is 1. The topological polar surface area (TPSA) is 177 Å². The molecule has 11 heteroatoms. The van der Waals surface area contributed by atoms with E-state index in [1.807, 2.05) is 19.1 Å². The second-order valence-corrected chi connectivity index (χ2v) is 9.03. The van der Waals surface area contributed by atoms with Crippen molar-refractivity contribution in [3.05, 3.63) is 35.0 Å². The summed E-state index contributed by atoms with van der Waals surface area (Å²) in [7, 11) is 0. The molecule has 182 valence electrons. The van der Waals surface area contributed by atoms with Crippen molar-refractivity contribution in [3.8, 4) is 0 Å². The van der Waals surface area contributed by atoms with Crippen LogP contribution in [-0.2, 0) is 10.2 Å². The Bertz CT molecular complexity index is 1070. The number of piperazine rings is 1. The Morgan fingerprint density at radius 3 is 2.26 bits per heavy atom. The number of carboxylic acids is 1. The van der Waals surface area contributed by atoms with E-state index in [0.717, 1.165) is 36.3 Å². The average Bonchev–Trinajstić information content (AvgIpc) is 2.83. The molecule has 34 heavy (non-hydrogen) atoms. The molecule has 1 amide bonds. The number of carboxylic acid groups (broad SMARTS) is 1. The number of hydrogen-bond donors (Lipinski definition) is 5. The first-order valence-electron chi connectivity index (χ1n) is 11.5. The molecule has 2 heterocycles. The SMILES string of the molecule is Cc1nc(N)nc(N)c1N1CCN(c2ccc(C(=O)O)c(C3(C(=O)NN)CCCCC3)c2)CC1. The van der Waals surface area contributed by atoms with Crippen LogP contribution in [0.3, 0.4) is 0 Å². The molecule has 1 aromatic heterocycles. The highest BCUT2D eigenvalue weighted by Crippen LogP contribution is 2.42. The third kappa shape index (κ3) is 4.18. The predicted octanol–water partition coefficient (Wildman–Crippen LogP) is 1.17. The van der Waals surface area contributed by atoms with Gasteiger partial charge in [-0.25, -0.2) is 15.6 Å². The number of nitrogens with two attached hydrogens (primary N) is 3. The highest BCUT2D eigenvalue weighted by Gasteiger charge is 2.43. The van der Waals surface area contributed by atoms with Gasteiger partial charge in [-0.2, -0.15) is 4.98 Å². The summed E-state index contributed by atoms with van der Waals surface area (Å²) in [6.07, 6.45) is 3.85. The van der Waals surface area contributed by atoms with Crippen molar-refractivity contribution >= 4 is 35.0 Å². The van der Waals surface area contributed by atoms with Crippen molar-refractivity contribution in [2.75, 3.05) is 47.4 Å². The molecular formula is C23H32N8O3. The number of aromatic nitrogens is 2. The van der Waals surface area contributed by atoms with E-state index in [9.17, 15) is 14.7 Å². The van der Waals surface area contributed by atoms with Crippen molar-refractivity contribution in [1.29, 1.82) is 0 Å². The van der Waals surface area contributed by atoms with Crippen LogP contribution >= 0.6 is 0 Å². The van der Waals surface area contributed by atoms with Crippen molar-refractivity contribution in [2.24, 2.45) is 5.84 Å². The van der Waals surface area contributed by atoms with Gasteiger partial charge in [0.25, 0.3) is 0 Å². The fraction of sp³-hybridized carbons (Fsp3) is 0.478. The lowest BCUT2D eigenvalue weighted by Crippen LogP contribution is -2.49. The highest BCUT2D eigenvalue weighted by molar-refractivity contribution is 5.96. The fourth-order valence-corrected chi connectivity index (χ4v) is 5.41. The number of rotatable bonds is 5. The number of aromatic carboxylic acids is 1. The summed E-state index contributed by atoms with van der Waals surface area (Å²) in [5, 5.41) is 9.88. The van der Waals surface area contributed by atoms with Gasteiger partial charge in [0, 0.05) is 31.9 Å². The number of carbonyl (C=O) groups excluding carboxylic acids is 1.